The number of rotatable bonds is 6. The van der Waals surface area contributed by atoms with Gasteiger partial charge in [-0.3, -0.25) is 0 Å². The van der Waals surface area contributed by atoms with Gasteiger partial charge >= 0.3 is 0 Å². The van der Waals surface area contributed by atoms with Gasteiger partial charge in [-0.1, -0.05) is 35.9 Å². The van der Waals surface area contributed by atoms with Gasteiger partial charge in [-0.25, -0.2) is 0 Å². The molecule has 3 heteroatoms. The third-order valence-corrected chi connectivity index (χ3v) is 3.88. The normalized spacial score (nSPS) is 10.0. The van der Waals surface area contributed by atoms with Gasteiger partial charge in [-0.05, 0) is 30.7 Å². The number of aryl methyl sites for hydroxylation is 1. The van der Waals surface area contributed by atoms with Crippen molar-refractivity contribution in [2.45, 2.75) is 12.7 Å². The van der Waals surface area contributed by atoms with E-state index in [2.05, 4.69) is 13.0 Å². The predicted octanol–water partition coefficient (Wildman–Crippen LogP) is 4.18. The van der Waals surface area contributed by atoms with Crippen LogP contribution in [0.3, 0.4) is 0 Å². The smallest absolute Gasteiger partial charge is 0.119 e. The Morgan fingerprint density at radius 1 is 1.10 bits per heavy atom. The summed E-state index contributed by atoms with van der Waals surface area (Å²) in [5, 5.41) is 9.01. The molecule has 2 aromatic rings. The van der Waals surface area contributed by atoms with Gasteiger partial charge in [0.15, 0.2) is 0 Å². The lowest BCUT2D eigenvalue weighted by Gasteiger charge is -2.07. The van der Waals surface area contributed by atoms with Crippen LogP contribution in [0.15, 0.2) is 48.5 Å². The number of hydrogen-bond acceptors (Lipinski definition) is 3. The van der Waals surface area contributed by atoms with Crippen LogP contribution in [0.5, 0.6) is 5.75 Å². The van der Waals surface area contributed by atoms with E-state index in [4.69, 9.17) is 10.00 Å². The van der Waals surface area contributed by atoms with Crippen molar-refractivity contribution in [3.63, 3.8) is 0 Å². The summed E-state index contributed by atoms with van der Waals surface area (Å²) in [6.45, 7) is 2.74. The summed E-state index contributed by atoms with van der Waals surface area (Å²) >= 11 is 1.78. The van der Waals surface area contributed by atoms with Gasteiger partial charge < -0.3 is 4.74 Å². The van der Waals surface area contributed by atoms with Crippen LogP contribution in [-0.4, -0.2) is 12.4 Å². The third kappa shape index (κ3) is 4.32. The standard InChI is InChI=1S/C17H17NOS/c1-14-6-8-17(9-7-14)19-10-11-20-13-16-5-3-2-4-15(16)12-18/h2-9H,10-11,13H2,1H3. The van der Waals surface area contributed by atoms with Crippen molar-refractivity contribution in [2.75, 3.05) is 12.4 Å². The van der Waals surface area contributed by atoms with Crippen LogP contribution in [-0.2, 0) is 5.75 Å². The highest BCUT2D eigenvalue weighted by Gasteiger charge is 2.00. The average Bonchev–Trinajstić information content (AvgIpc) is 2.49. The SMILES string of the molecule is Cc1ccc(OCCSCc2ccccc2C#N)cc1. The van der Waals surface area contributed by atoms with E-state index in [0.29, 0.717) is 6.61 Å². The minimum atomic E-state index is 0.683. The first-order valence-corrected chi connectivity index (χ1v) is 7.70. The molecule has 0 saturated carbocycles. The zero-order chi connectivity index (χ0) is 14.2. The molecule has 0 spiro atoms. The lowest BCUT2D eigenvalue weighted by molar-refractivity contribution is 0.344. The Kier molecular flexibility index (Phi) is 5.52. The number of thioether (sulfide) groups is 1. The molecular formula is C17H17NOS. The summed E-state index contributed by atoms with van der Waals surface area (Å²) in [4.78, 5) is 0. The van der Waals surface area contributed by atoms with E-state index in [9.17, 15) is 0 Å². The molecule has 0 aliphatic rings. The molecule has 0 N–H and O–H groups in total. The quantitative estimate of drug-likeness (QED) is 0.746. The van der Waals surface area contributed by atoms with Crippen molar-refractivity contribution < 1.29 is 4.74 Å². The third-order valence-electron chi connectivity index (χ3n) is 2.91. The molecule has 2 nitrogen and oxygen atoms in total. The fourth-order valence-electron chi connectivity index (χ4n) is 1.79. The van der Waals surface area contributed by atoms with Gasteiger partial charge in [-0.2, -0.15) is 17.0 Å². The van der Waals surface area contributed by atoms with Crippen LogP contribution < -0.4 is 4.74 Å². The van der Waals surface area contributed by atoms with Crippen molar-refractivity contribution >= 4 is 11.8 Å². The molecule has 2 rings (SSSR count). The molecular weight excluding hydrogens is 266 g/mol. The largest absolute Gasteiger partial charge is 0.493 e. The van der Waals surface area contributed by atoms with Crippen LogP contribution in [0.1, 0.15) is 16.7 Å². The minimum absolute atomic E-state index is 0.683. The zero-order valence-corrected chi connectivity index (χ0v) is 12.3. The summed E-state index contributed by atoms with van der Waals surface area (Å²) < 4.78 is 5.67. The fourth-order valence-corrected chi connectivity index (χ4v) is 2.61. The summed E-state index contributed by atoms with van der Waals surface area (Å²) in [6.07, 6.45) is 0. The second kappa shape index (κ2) is 7.62. The number of nitrogens with zero attached hydrogens (tertiary/aromatic N) is 1. The number of nitriles is 1. The Morgan fingerprint density at radius 3 is 2.60 bits per heavy atom. The predicted molar refractivity (Wildman–Crippen MR) is 84.0 cm³/mol. The molecule has 0 heterocycles. The van der Waals surface area contributed by atoms with E-state index in [1.807, 2.05) is 48.5 Å². The molecule has 0 fully saturated rings. The summed E-state index contributed by atoms with van der Waals surface area (Å²) in [5.41, 5.74) is 3.09. The number of hydrogen-bond donors (Lipinski definition) is 0. The summed E-state index contributed by atoms with van der Waals surface area (Å²) in [5.74, 6) is 2.67. The van der Waals surface area contributed by atoms with Crippen molar-refractivity contribution in [3.05, 3.63) is 65.2 Å². The first kappa shape index (κ1) is 14.5. The highest BCUT2D eigenvalue weighted by Crippen LogP contribution is 2.17. The van der Waals surface area contributed by atoms with E-state index in [1.165, 1.54) is 5.56 Å². The van der Waals surface area contributed by atoms with Crippen LogP contribution >= 0.6 is 11.8 Å². The van der Waals surface area contributed by atoms with Gasteiger partial charge in [0, 0.05) is 11.5 Å². The second-order valence-corrected chi connectivity index (χ2v) is 5.59. The highest BCUT2D eigenvalue weighted by atomic mass is 32.2. The summed E-state index contributed by atoms with van der Waals surface area (Å²) in [6, 6.07) is 18.0. The van der Waals surface area contributed by atoms with Gasteiger partial charge in [-0.15, -0.1) is 0 Å². The molecule has 2 aromatic carbocycles. The Balaban J connectivity index is 1.72. The number of benzene rings is 2. The van der Waals surface area contributed by atoms with E-state index in [1.54, 1.807) is 11.8 Å². The Labute approximate surface area is 124 Å². The van der Waals surface area contributed by atoms with Gasteiger partial charge in [0.1, 0.15) is 5.75 Å². The fraction of sp³-hybridized carbons (Fsp3) is 0.235. The molecule has 0 atom stereocenters. The van der Waals surface area contributed by atoms with E-state index in [-0.39, 0.29) is 0 Å². The minimum Gasteiger partial charge on any atom is -0.493 e. The van der Waals surface area contributed by atoms with Crippen LogP contribution in [0, 0.1) is 18.3 Å². The van der Waals surface area contributed by atoms with Gasteiger partial charge in [0.2, 0.25) is 0 Å². The molecule has 0 radical (unpaired) electrons. The molecule has 0 aromatic heterocycles. The maximum absolute atomic E-state index is 9.01. The molecule has 0 amide bonds. The second-order valence-electron chi connectivity index (χ2n) is 4.48. The van der Waals surface area contributed by atoms with Crippen LogP contribution in [0.2, 0.25) is 0 Å². The van der Waals surface area contributed by atoms with Gasteiger partial charge in [0.25, 0.3) is 0 Å². The molecule has 0 aliphatic carbocycles. The Hall–Kier alpha value is -1.92. The van der Waals surface area contributed by atoms with Crippen LogP contribution in [0.4, 0.5) is 0 Å². The maximum Gasteiger partial charge on any atom is 0.119 e. The Morgan fingerprint density at radius 2 is 1.85 bits per heavy atom. The maximum atomic E-state index is 9.01. The van der Waals surface area contributed by atoms with E-state index < -0.39 is 0 Å². The topological polar surface area (TPSA) is 33.0 Å². The van der Waals surface area contributed by atoms with E-state index in [0.717, 1.165) is 28.4 Å². The Bertz CT molecular complexity index is 587. The molecule has 20 heavy (non-hydrogen) atoms. The lowest BCUT2D eigenvalue weighted by Crippen LogP contribution is -2.00. The van der Waals surface area contributed by atoms with Gasteiger partial charge in [0.05, 0.1) is 18.2 Å². The number of ether oxygens (including phenoxy) is 1. The first-order chi connectivity index (χ1) is 9.79. The zero-order valence-electron chi connectivity index (χ0n) is 11.5. The molecule has 0 aliphatic heterocycles. The average molecular weight is 283 g/mol. The highest BCUT2D eigenvalue weighted by molar-refractivity contribution is 7.98. The lowest BCUT2D eigenvalue weighted by atomic mass is 10.1. The summed E-state index contributed by atoms with van der Waals surface area (Å²) in [7, 11) is 0. The monoisotopic (exact) mass is 283 g/mol. The van der Waals surface area contributed by atoms with Crippen molar-refractivity contribution in [2.24, 2.45) is 0 Å². The van der Waals surface area contributed by atoms with Crippen molar-refractivity contribution in [3.8, 4) is 11.8 Å². The van der Waals surface area contributed by atoms with Crippen molar-refractivity contribution in [1.29, 1.82) is 5.26 Å². The van der Waals surface area contributed by atoms with Crippen LogP contribution in [0.25, 0.3) is 0 Å². The van der Waals surface area contributed by atoms with E-state index >= 15 is 0 Å². The molecule has 0 saturated heterocycles. The molecule has 0 bridgehead atoms. The first-order valence-electron chi connectivity index (χ1n) is 6.55. The molecule has 102 valence electrons. The van der Waals surface area contributed by atoms with Crippen molar-refractivity contribution in [1.82, 2.24) is 0 Å². The molecule has 0 unspecified atom stereocenters.